The molecule has 0 N–H and O–H groups in total. The number of hydrogen-bond donors (Lipinski definition) is 0. The summed E-state index contributed by atoms with van der Waals surface area (Å²) in [5.74, 6) is 12.6. The first-order valence-electron chi connectivity index (χ1n) is 5.64. The highest BCUT2D eigenvalue weighted by molar-refractivity contribution is 5.50. The first-order valence-corrected chi connectivity index (χ1v) is 5.64. The number of fused-ring (bicyclic) bond motifs is 3. The van der Waals surface area contributed by atoms with Crippen LogP contribution in [0.1, 0.15) is 17.5 Å². The Balaban J connectivity index is 1.99. The van der Waals surface area contributed by atoms with E-state index < -0.39 is 0 Å². The third kappa shape index (κ3) is 2.14. The summed E-state index contributed by atoms with van der Waals surface area (Å²) in [4.78, 5) is 0. The molecule has 2 aliphatic heterocycles. The van der Waals surface area contributed by atoms with Crippen molar-refractivity contribution in [2.24, 2.45) is 10.3 Å². The third-order valence-corrected chi connectivity index (χ3v) is 2.74. The second kappa shape index (κ2) is 4.31. The van der Waals surface area contributed by atoms with Crippen molar-refractivity contribution in [2.45, 2.75) is 12.5 Å². The predicted octanol–water partition coefficient (Wildman–Crippen LogP) is 1.84. The van der Waals surface area contributed by atoms with Crippen molar-refractivity contribution in [3.05, 3.63) is 35.4 Å². The van der Waals surface area contributed by atoms with Crippen molar-refractivity contribution < 1.29 is 0 Å². The number of nitrogens with zero attached hydrogens (tertiary/aromatic N) is 3. The Morgan fingerprint density at radius 3 is 2.71 bits per heavy atom. The zero-order valence-corrected chi connectivity index (χ0v) is 9.35. The minimum absolute atomic E-state index is 0.203. The molecule has 1 aromatic rings. The van der Waals surface area contributed by atoms with Crippen LogP contribution in [0.2, 0.25) is 0 Å². The minimum atomic E-state index is 0.203. The molecule has 0 amide bonds. The summed E-state index contributed by atoms with van der Waals surface area (Å²) in [7, 11) is 0. The van der Waals surface area contributed by atoms with Gasteiger partial charge in [-0.15, -0.1) is 0 Å². The van der Waals surface area contributed by atoms with Crippen molar-refractivity contribution in [1.29, 1.82) is 0 Å². The van der Waals surface area contributed by atoms with Crippen molar-refractivity contribution in [1.82, 2.24) is 5.01 Å². The largest absolute Gasteiger partial charge is 0.265 e. The molecule has 82 valence electrons. The molecule has 2 bridgehead atoms. The molecule has 0 saturated carbocycles. The molecular weight excluding hydrogens is 210 g/mol. The molecule has 0 radical (unpaired) electrons. The minimum Gasteiger partial charge on any atom is -0.265 e. The molecule has 1 atom stereocenters. The monoisotopic (exact) mass is 221 g/mol. The first-order chi connectivity index (χ1) is 8.42. The number of benzene rings is 1. The van der Waals surface area contributed by atoms with Crippen LogP contribution in [0.4, 0.5) is 0 Å². The lowest BCUT2D eigenvalue weighted by molar-refractivity contribution is 0.348. The van der Waals surface area contributed by atoms with Crippen LogP contribution in [0.5, 0.6) is 0 Å². The van der Waals surface area contributed by atoms with Gasteiger partial charge in [0.05, 0.1) is 13.1 Å². The average Bonchev–Trinajstić information content (AvgIpc) is 2.77. The Kier molecular flexibility index (Phi) is 2.52. The van der Waals surface area contributed by atoms with E-state index >= 15 is 0 Å². The van der Waals surface area contributed by atoms with Crippen LogP contribution < -0.4 is 0 Å². The van der Waals surface area contributed by atoms with E-state index in [0.29, 0.717) is 6.54 Å². The van der Waals surface area contributed by atoms with E-state index in [2.05, 4.69) is 34.0 Å². The van der Waals surface area contributed by atoms with Gasteiger partial charge in [-0.25, -0.2) is 0 Å². The molecule has 2 heterocycles. The molecule has 1 unspecified atom stereocenters. The van der Waals surface area contributed by atoms with Gasteiger partial charge in [0.15, 0.2) is 0 Å². The fourth-order valence-electron chi connectivity index (χ4n) is 1.86. The van der Waals surface area contributed by atoms with Crippen LogP contribution in [-0.4, -0.2) is 24.1 Å². The quantitative estimate of drug-likeness (QED) is 0.614. The van der Waals surface area contributed by atoms with Crippen molar-refractivity contribution in [3.63, 3.8) is 0 Å². The highest BCUT2D eigenvalue weighted by Crippen LogP contribution is 2.12. The summed E-state index contributed by atoms with van der Waals surface area (Å²) in [6.45, 7) is 1.47. The Morgan fingerprint density at radius 2 is 1.88 bits per heavy atom. The topological polar surface area (TPSA) is 28.0 Å². The highest BCUT2D eigenvalue weighted by atomic mass is 15.6. The second-order valence-electron chi connectivity index (χ2n) is 4.06. The Bertz CT molecular complexity index is 530. The van der Waals surface area contributed by atoms with E-state index in [4.69, 9.17) is 0 Å². The van der Waals surface area contributed by atoms with Gasteiger partial charge in [-0.05, 0) is 12.1 Å². The summed E-state index contributed by atoms with van der Waals surface area (Å²) in [6, 6.07) is 8.19. The van der Waals surface area contributed by atoms with Gasteiger partial charge in [-0.2, -0.15) is 5.11 Å². The third-order valence-electron chi connectivity index (χ3n) is 2.74. The lowest BCUT2D eigenvalue weighted by Gasteiger charge is -2.07. The van der Waals surface area contributed by atoms with Crippen molar-refractivity contribution >= 4 is 0 Å². The predicted molar refractivity (Wildman–Crippen MR) is 65.0 cm³/mol. The fraction of sp³-hybridized carbons (Fsp3) is 0.286. The fourth-order valence-corrected chi connectivity index (χ4v) is 1.86. The zero-order chi connectivity index (χ0) is 11.5. The van der Waals surface area contributed by atoms with E-state index in [9.17, 15) is 0 Å². The normalized spacial score (nSPS) is 20.5. The molecule has 0 aromatic heterocycles. The molecule has 3 rings (SSSR count). The molecule has 3 heteroatoms. The smallest absolute Gasteiger partial charge is 0.103 e. The van der Waals surface area contributed by atoms with Gasteiger partial charge < -0.3 is 0 Å². The SMILES string of the molecule is C1#Cc2ccccc2C#CCN2CC(C1)N=N2. The first kappa shape index (κ1) is 9.93. The lowest BCUT2D eigenvalue weighted by atomic mass is 10.1. The molecular formula is C14H11N3. The molecule has 0 spiro atoms. The molecule has 0 saturated heterocycles. The zero-order valence-electron chi connectivity index (χ0n) is 9.35. The molecule has 2 aliphatic rings. The highest BCUT2D eigenvalue weighted by Gasteiger charge is 2.17. The standard InChI is InChI=1S/C14H11N3/c1-2-6-13-8-4-10-17-11-14(15-16-17)9-3-7-12(13)5-1/h1-2,5-6,14H,9-11H2. The summed E-state index contributed by atoms with van der Waals surface area (Å²) in [5, 5.41) is 10.1. The van der Waals surface area contributed by atoms with Crippen molar-refractivity contribution in [3.8, 4) is 23.7 Å². The van der Waals surface area contributed by atoms with Gasteiger partial charge in [0.25, 0.3) is 0 Å². The van der Waals surface area contributed by atoms with Crippen LogP contribution in [0.15, 0.2) is 34.6 Å². The maximum Gasteiger partial charge on any atom is 0.103 e. The molecule has 0 fully saturated rings. The number of hydrogen-bond acceptors (Lipinski definition) is 3. The van der Waals surface area contributed by atoms with E-state index in [-0.39, 0.29) is 6.04 Å². The Morgan fingerprint density at radius 1 is 1.12 bits per heavy atom. The van der Waals surface area contributed by atoms with E-state index in [0.717, 1.165) is 24.1 Å². The second-order valence-corrected chi connectivity index (χ2v) is 4.06. The van der Waals surface area contributed by atoms with Gasteiger partial charge in [0.2, 0.25) is 0 Å². The van der Waals surface area contributed by atoms with Gasteiger partial charge in [0.1, 0.15) is 6.04 Å². The van der Waals surface area contributed by atoms with Crippen LogP contribution >= 0.6 is 0 Å². The molecule has 0 aliphatic carbocycles. The van der Waals surface area contributed by atoms with Gasteiger partial charge in [-0.1, -0.05) is 41.0 Å². The van der Waals surface area contributed by atoms with Crippen LogP contribution in [0.3, 0.4) is 0 Å². The van der Waals surface area contributed by atoms with Crippen LogP contribution in [0, 0.1) is 23.7 Å². The van der Waals surface area contributed by atoms with Gasteiger partial charge >= 0.3 is 0 Å². The van der Waals surface area contributed by atoms with E-state index in [1.165, 1.54) is 0 Å². The summed E-state index contributed by atoms with van der Waals surface area (Å²) >= 11 is 0. The lowest BCUT2D eigenvalue weighted by Crippen LogP contribution is -2.20. The maximum atomic E-state index is 4.17. The van der Waals surface area contributed by atoms with Crippen LogP contribution in [0.25, 0.3) is 0 Å². The summed E-state index contributed by atoms with van der Waals surface area (Å²) in [6.07, 6.45) is 0.758. The average molecular weight is 221 g/mol. The Labute approximate surface area is 101 Å². The molecule has 1 aromatic carbocycles. The summed E-state index contributed by atoms with van der Waals surface area (Å²) in [5.41, 5.74) is 2.00. The summed E-state index contributed by atoms with van der Waals surface area (Å²) < 4.78 is 0. The Hall–Kier alpha value is -2.26. The van der Waals surface area contributed by atoms with E-state index in [1.807, 2.05) is 29.3 Å². The van der Waals surface area contributed by atoms with Crippen molar-refractivity contribution in [2.75, 3.05) is 13.1 Å². The molecule has 3 nitrogen and oxygen atoms in total. The molecule has 17 heavy (non-hydrogen) atoms. The van der Waals surface area contributed by atoms with Gasteiger partial charge in [0, 0.05) is 17.5 Å². The van der Waals surface area contributed by atoms with E-state index in [1.54, 1.807) is 0 Å². The van der Waals surface area contributed by atoms with Gasteiger partial charge in [-0.3, -0.25) is 5.01 Å². The van der Waals surface area contributed by atoms with Crippen LogP contribution in [-0.2, 0) is 0 Å². The number of rotatable bonds is 0. The maximum absolute atomic E-state index is 4.17.